The Bertz CT molecular complexity index is 895. The van der Waals surface area contributed by atoms with Gasteiger partial charge in [-0.05, 0) is 57.1 Å². The molecule has 0 aromatic heterocycles. The first-order valence-corrected chi connectivity index (χ1v) is 13.9. The van der Waals surface area contributed by atoms with E-state index < -0.39 is 10.0 Å². The van der Waals surface area contributed by atoms with Gasteiger partial charge in [-0.3, -0.25) is 9.69 Å². The van der Waals surface area contributed by atoms with Gasteiger partial charge in [0.25, 0.3) is 0 Å². The van der Waals surface area contributed by atoms with Crippen LogP contribution >= 0.6 is 0 Å². The molecule has 1 amide bonds. The Morgan fingerprint density at radius 1 is 0.906 bits per heavy atom. The Labute approximate surface area is 194 Å². The first-order chi connectivity index (χ1) is 15.3. The maximum absolute atomic E-state index is 13.1. The number of benzene rings is 1. The Hall–Kier alpha value is -1.44. The van der Waals surface area contributed by atoms with Crippen molar-refractivity contribution < 1.29 is 13.2 Å². The minimum Gasteiger partial charge on any atom is -0.340 e. The van der Waals surface area contributed by atoms with Crippen molar-refractivity contribution in [2.75, 3.05) is 45.8 Å². The molecule has 2 aliphatic heterocycles. The molecule has 1 aromatic rings. The third-order valence-corrected chi connectivity index (χ3v) is 9.74. The van der Waals surface area contributed by atoms with Crippen LogP contribution < -0.4 is 0 Å². The largest absolute Gasteiger partial charge is 0.340 e. The van der Waals surface area contributed by atoms with Gasteiger partial charge in [0.05, 0.1) is 4.90 Å². The molecule has 0 radical (unpaired) electrons. The average molecular weight is 462 g/mol. The summed E-state index contributed by atoms with van der Waals surface area (Å²) in [7, 11) is -3.50. The molecular formula is C25H39N3O3S. The zero-order valence-electron chi connectivity index (χ0n) is 19.8. The molecule has 7 heteroatoms. The van der Waals surface area contributed by atoms with Gasteiger partial charge in [-0.1, -0.05) is 37.0 Å². The third-order valence-electron chi connectivity index (χ3n) is 7.68. The van der Waals surface area contributed by atoms with Crippen molar-refractivity contribution in [2.45, 2.75) is 63.7 Å². The van der Waals surface area contributed by atoms with Gasteiger partial charge < -0.3 is 4.90 Å². The summed E-state index contributed by atoms with van der Waals surface area (Å²) in [5.41, 5.74) is 1.85. The summed E-state index contributed by atoms with van der Waals surface area (Å²) in [4.78, 5) is 18.1. The minimum atomic E-state index is -3.50. The van der Waals surface area contributed by atoms with Gasteiger partial charge in [-0.15, -0.1) is 0 Å². The molecule has 0 bridgehead atoms. The van der Waals surface area contributed by atoms with E-state index in [0.717, 1.165) is 43.2 Å². The number of carbonyl (C=O) groups is 1. The van der Waals surface area contributed by atoms with Gasteiger partial charge in [0, 0.05) is 51.7 Å². The minimum absolute atomic E-state index is 0.0505. The van der Waals surface area contributed by atoms with E-state index in [4.69, 9.17) is 0 Å². The van der Waals surface area contributed by atoms with Crippen molar-refractivity contribution >= 4 is 15.9 Å². The van der Waals surface area contributed by atoms with Crippen LogP contribution in [0, 0.1) is 25.7 Å². The second-order valence-corrected chi connectivity index (χ2v) is 12.0. The lowest BCUT2D eigenvalue weighted by Crippen LogP contribution is -2.52. The molecule has 178 valence electrons. The number of nitrogens with zero attached hydrogens (tertiary/aromatic N) is 3. The summed E-state index contributed by atoms with van der Waals surface area (Å²) in [6, 6.07) is 5.48. The molecule has 0 spiro atoms. The highest BCUT2D eigenvalue weighted by Crippen LogP contribution is 2.28. The lowest BCUT2D eigenvalue weighted by Gasteiger charge is -2.39. The number of amides is 1. The van der Waals surface area contributed by atoms with E-state index >= 15 is 0 Å². The molecule has 0 unspecified atom stereocenters. The maximum Gasteiger partial charge on any atom is 0.243 e. The lowest BCUT2D eigenvalue weighted by molar-refractivity contribution is -0.138. The SMILES string of the molecule is Cc1ccc(S(=O)(=O)N2CCC(C(=O)N3CCN(CC4CCCCC4)CC3)CC2)c(C)c1. The van der Waals surface area contributed by atoms with Gasteiger partial charge >= 0.3 is 0 Å². The molecule has 4 rings (SSSR count). The van der Waals surface area contributed by atoms with Crippen LogP contribution in [0.1, 0.15) is 56.1 Å². The Morgan fingerprint density at radius 2 is 1.56 bits per heavy atom. The highest BCUT2D eigenvalue weighted by molar-refractivity contribution is 7.89. The van der Waals surface area contributed by atoms with Crippen molar-refractivity contribution in [3.63, 3.8) is 0 Å². The summed E-state index contributed by atoms with van der Waals surface area (Å²) in [6.45, 7) is 9.43. The zero-order valence-corrected chi connectivity index (χ0v) is 20.6. The number of sulfonamides is 1. The molecule has 1 aromatic carbocycles. The van der Waals surface area contributed by atoms with E-state index in [2.05, 4.69) is 4.90 Å². The second kappa shape index (κ2) is 10.2. The van der Waals surface area contributed by atoms with Crippen LogP contribution in [0.3, 0.4) is 0 Å². The quantitative estimate of drug-likeness (QED) is 0.674. The van der Waals surface area contributed by atoms with Gasteiger partial charge in [0.15, 0.2) is 0 Å². The molecule has 3 aliphatic rings. The Morgan fingerprint density at radius 3 is 2.19 bits per heavy atom. The summed E-state index contributed by atoms with van der Waals surface area (Å²) >= 11 is 0. The fourth-order valence-corrected chi connectivity index (χ4v) is 7.39. The molecule has 0 atom stereocenters. The van der Waals surface area contributed by atoms with Gasteiger partial charge in [0.2, 0.25) is 15.9 Å². The van der Waals surface area contributed by atoms with Crippen molar-refractivity contribution in [1.29, 1.82) is 0 Å². The topological polar surface area (TPSA) is 60.9 Å². The number of aryl methyl sites for hydroxylation is 2. The molecule has 3 fully saturated rings. The standard InChI is InChI=1S/C25H39N3O3S/c1-20-8-9-24(21(2)18-20)32(30,31)28-12-10-23(11-13-28)25(29)27-16-14-26(15-17-27)19-22-6-4-3-5-7-22/h8-9,18,22-23H,3-7,10-17,19H2,1-2H3. The van der Waals surface area contributed by atoms with Gasteiger partial charge in [0.1, 0.15) is 0 Å². The normalized spacial score (nSPS) is 22.9. The van der Waals surface area contributed by atoms with Gasteiger partial charge in [-0.2, -0.15) is 4.31 Å². The number of carbonyl (C=O) groups excluding carboxylic acids is 1. The van der Waals surface area contributed by atoms with Crippen LogP contribution in [0.25, 0.3) is 0 Å². The van der Waals surface area contributed by atoms with Crippen molar-refractivity contribution in [2.24, 2.45) is 11.8 Å². The first kappa shape index (κ1) is 23.7. The smallest absolute Gasteiger partial charge is 0.243 e. The first-order valence-electron chi connectivity index (χ1n) is 12.4. The van der Waals surface area contributed by atoms with Crippen LogP contribution in [0.4, 0.5) is 0 Å². The zero-order chi connectivity index (χ0) is 22.7. The van der Waals surface area contributed by atoms with E-state index in [1.165, 1.54) is 38.6 Å². The van der Waals surface area contributed by atoms with Crippen LogP contribution in [0.2, 0.25) is 0 Å². The molecule has 6 nitrogen and oxygen atoms in total. The summed E-state index contributed by atoms with van der Waals surface area (Å²) in [5, 5.41) is 0. The van der Waals surface area contributed by atoms with Gasteiger partial charge in [-0.25, -0.2) is 8.42 Å². The third kappa shape index (κ3) is 5.37. The number of hydrogen-bond acceptors (Lipinski definition) is 4. The monoisotopic (exact) mass is 461 g/mol. The number of hydrogen-bond donors (Lipinski definition) is 0. The van der Waals surface area contributed by atoms with Crippen LogP contribution in [0.5, 0.6) is 0 Å². The fraction of sp³-hybridized carbons (Fsp3) is 0.720. The maximum atomic E-state index is 13.1. The van der Waals surface area contributed by atoms with E-state index in [1.54, 1.807) is 10.4 Å². The second-order valence-electron chi connectivity index (χ2n) is 10.1. The molecule has 2 saturated heterocycles. The highest BCUT2D eigenvalue weighted by atomic mass is 32.2. The number of piperidine rings is 1. The predicted molar refractivity (Wildman–Crippen MR) is 127 cm³/mol. The van der Waals surface area contributed by atoms with E-state index in [-0.39, 0.29) is 11.8 Å². The molecule has 2 heterocycles. The van der Waals surface area contributed by atoms with E-state index in [9.17, 15) is 13.2 Å². The Balaban J connectivity index is 1.26. The molecule has 1 aliphatic carbocycles. The fourth-order valence-electron chi connectivity index (χ4n) is 5.71. The number of rotatable bonds is 5. The molecule has 32 heavy (non-hydrogen) atoms. The van der Waals surface area contributed by atoms with Crippen LogP contribution in [0.15, 0.2) is 23.1 Å². The highest BCUT2D eigenvalue weighted by Gasteiger charge is 2.35. The summed E-state index contributed by atoms with van der Waals surface area (Å²) < 4.78 is 27.8. The van der Waals surface area contributed by atoms with Crippen LogP contribution in [-0.2, 0) is 14.8 Å². The molecule has 0 N–H and O–H groups in total. The van der Waals surface area contributed by atoms with Crippen molar-refractivity contribution in [3.05, 3.63) is 29.3 Å². The molecule has 1 saturated carbocycles. The number of piperazine rings is 1. The predicted octanol–water partition coefficient (Wildman–Crippen LogP) is 3.43. The van der Waals surface area contributed by atoms with Crippen LogP contribution in [-0.4, -0.2) is 74.2 Å². The lowest BCUT2D eigenvalue weighted by atomic mass is 9.89. The van der Waals surface area contributed by atoms with E-state index in [0.29, 0.717) is 30.8 Å². The Kier molecular flexibility index (Phi) is 7.58. The summed E-state index contributed by atoms with van der Waals surface area (Å²) in [6.07, 6.45) is 8.10. The van der Waals surface area contributed by atoms with Crippen molar-refractivity contribution in [1.82, 2.24) is 14.1 Å². The molecular weight excluding hydrogens is 422 g/mol. The van der Waals surface area contributed by atoms with Crippen molar-refractivity contribution in [3.8, 4) is 0 Å². The van der Waals surface area contributed by atoms with E-state index in [1.807, 2.05) is 30.9 Å². The average Bonchev–Trinajstić information content (AvgIpc) is 2.80. The summed E-state index contributed by atoms with van der Waals surface area (Å²) in [5.74, 6) is 1.02.